The summed E-state index contributed by atoms with van der Waals surface area (Å²) in [4.78, 5) is 30.5. The lowest BCUT2D eigenvalue weighted by molar-refractivity contribution is -0.148. The van der Waals surface area contributed by atoms with E-state index in [0.717, 1.165) is 25.7 Å². The number of carbonyl (C=O) groups excluding carboxylic acids is 2. The molecule has 0 atom stereocenters. The number of carbonyl (C=O) groups is 2. The van der Waals surface area contributed by atoms with Crippen molar-refractivity contribution in [3.63, 3.8) is 0 Å². The lowest BCUT2D eigenvalue weighted by Crippen LogP contribution is -2.30. The zero-order valence-electron chi connectivity index (χ0n) is 15.5. The number of ether oxygens (including phenoxy) is 2. The van der Waals surface area contributed by atoms with Gasteiger partial charge in [0.25, 0.3) is 0 Å². The summed E-state index contributed by atoms with van der Waals surface area (Å²) in [5.74, 6) is 0.189. The van der Waals surface area contributed by atoms with E-state index in [4.69, 9.17) is 9.47 Å². The maximum Gasteiger partial charge on any atom is 0.356 e. The number of hydrogen-bond acceptors (Lipinski definition) is 6. The molecule has 0 radical (unpaired) electrons. The summed E-state index contributed by atoms with van der Waals surface area (Å²) in [5.41, 5.74) is 0.610. The molecule has 6 nitrogen and oxygen atoms in total. The van der Waals surface area contributed by atoms with Crippen molar-refractivity contribution < 1.29 is 19.1 Å². The van der Waals surface area contributed by atoms with E-state index in [-0.39, 0.29) is 17.8 Å². The Balaban J connectivity index is 1.72. The summed E-state index contributed by atoms with van der Waals surface area (Å²) in [6, 6.07) is 0. The highest BCUT2D eigenvalue weighted by atomic mass is 32.2. The highest BCUT2D eigenvalue weighted by molar-refractivity contribution is 7.99. The van der Waals surface area contributed by atoms with Gasteiger partial charge in [-0.25, -0.2) is 9.78 Å². The Bertz CT molecular complexity index is 586. The summed E-state index contributed by atoms with van der Waals surface area (Å²) in [6.07, 6.45) is 5.53. The van der Waals surface area contributed by atoms with Gasteiger partial charge in [0.2, 0.25) is 0 Å². The molecular weight excluding hydrogens is 340 g/mol. The van der Waals surface area contributed by atoms with Crippen LogP contribution in [0, 0.1) is 11.3 Å². The largest absolute Gasteiger partial charge is 0.462 e. The number of thioether (sulfide) groups is 1. The molecular formula is C18H28N2O4S. The molecule has 0 aromatic carbocycles. The van der Waals surface area contributed by atoms with Crippen LogP contribution in [0.15, 0.2) is 11.4 Å². The van der Waals surface area contributed by atoms with Gasteiger partial charge < -0.3 is 14.5 Å². The second-order valence-corrected chi connectivity index (χ2v) is 8.40. The van der Waals surface area contributed by atoms with Crippen LogP contribution in [0.3, 0.4) is 0 Å². The zero-order chi connectivity index (χ0) is 18.4. The minimum absolute atomic E-state index is 0.0263. The summed E-state index contributed by atoms with van der Waals surface area (Å²) < 4.78 is 10.5. The second kappa shape index (κ2) is 8.74. The number of esters is 2. The Morgan fingerprint density at radius 1 is 1.28 bits per heavy atom. The molecule has 1 saturated carbocycles. The lowest BCUT2D eigenvalue weighted by atomic mass is 9.72. The molecule has 2 rings (SSSR count). The highest BCUT2D eigenvalue weighted by Crippen LogP contribution is 2.38. The van der Waals surface area contributed by atoms with E-state index >= 15 is 0 Å². The number of rotatable bonds is 6. The van der Waals surface area contributed by atoms with Crippen molar-refractivity contribution in [2.45, 2.75) is 64.6 Å². The first-order valence-electron chi connectivity index (χ1n) is 8.84. The number of nitrogens with one attached hydrogen (secondary N) is 1. The fourth-order valence-electron chi connectivity index (χ4n) is 3.08. The Morgan fingerprint density at radius 2 is 1.96 bits per heavy atom. The van der Waals surface area contributed by atoms with Crippen LogP contribution in [-0.2, 0) is 14.3 Å². The van der Waals surface area contributed by atoms with Crippen LogP contribution < -0.4 is 0 Å². The fourth-order valence-corrected chi connectivity index (χ4v) is 3.71. The van der Waals surface area contributed by atoms with E-state index in [2.05, 4.69) is 30.7 Å². The van der Waals surface area contributed by atoms with Crippen LogP contribution in [0.1, 0.15) is 63.9 Å². The topological polar surface area (TPSA) is 81.3 Å². The molecule has 0 amide bonds. The maximum absolute atomic E-state index is 12.0. The van der Waals surface area contributed by atoms with E-state index in [1.165, 1.54) is 18.0 Å². The predicted molar refractivity (Wildman–Crippen MR) is 96.6 cm³/mol. The van der Waals surface area contributed by atoms with Crippen LogP contribution in [-0.4, -0.2) is 40.4 Å². The van der Waals surface area contributed by atoms with Gasteiger partial charge in [-0.1, -0.05) is 32.5 Å². The molecule has 1 aliphatic rings. The van der Waals surface area contributed by atoms with Crippen LogP contribution >= 0.6 is 11.8 Å². The average molecular weight is 368 g/mol. The van der Waals surface area contributed by atoms with Gasteiger partial charge in [0, 0.05) is 0 Å². The maximum atomic E-state index is 12.0. The van der Waals surface area contributed by atoms with Gasteiger partial charge >= 0.3 is 11.9 Å². The number of aromatic nitrogens is 2. The van der Waals surface area contributed by atoms with Crippen molar-refractivity contribution >= 4 is 23.7 Å². The van der Waals surface area contributed by atoms with E-state index < -0.39 is 5.97 Å². The molecule has 1 aromatic heterocycles. The van der Waals surface area contributed by atoms with Crippen molar-refractivity contribution in [2.75, 3.05) is 12.4 Å². The normalized spacial score (nSPS) is 21.0. The van der Waals surface area contributed by atoms with Crippen LogP contribution in [0.5, 0.6) is 0 Å². The number of imidazole rings is 1. The number of H-pyrrole nitrogens is 1. The van der Waals surface area contributed by atoms with Crippen molar-refractivity contribution in [1.29, 1.82) is 0 Å². The van der Waals surface area contributed by atoms with Gasteiger partial charge in [-0.05, 0) is 43.9 Å². The zero-order valence-corrected chi connectivity index (χ0v) is 16.3. The smallest absolute Gasteiger partial charge is 0.356 e. The monoisotopic (exact) mass is 368 g/mol. The Labute approximate surface area is 153 Å². The van der Waals surface area contributed by atoms with Crippen LogP contribution in [0.25, 0.3) is 0 Å². The van der Waals surface area contributed by atoms with Crippen LogP contribution in [0.2, 0.25) is 0 Å². The van der Waals surface area contributed by atoms with Crippen molar-refractivity contribution in [3.8, 4) is 0 Å². The highest BCUT2D eigenvalue weighted by Gasteiger charge is 2.31. The first-order chi connectivity index (χ1) is 11.8. The minimum Gasteiger partial charge on any atom is -0.462 e. The molecule has 1 fully saturated rings. The molecule has 1 aromatic rings. The Morgan fingerprint density at radius 3 is 2.56 bits per heavy atom. The molecule has 0 spiro atoms. The van der Waals surface area contributed by atoms with E-state index in [1.54, 1.807) is 6.92 Å². The van der Waals surface area contributed by atoms with Crippen molar-refractivity contribution in [2.24, 2.45) is 11.3 Å². The standard InChI is InChI=1S/C18H28N2O4S/c1-5-23-16(22)14-10-19-17(20-14)25-11-15(21)24-13-8-6-12(7-9-13)18(2,3)4/h10,12-13H,5-9,11H2,1-4H3,(H,19,20). The van der Waals surface area contributed by atoms with Gasteiger partial charge in [0.1, 0.15) is 11.8 Å². The molecule has 7 heteroatoms. The molecule has 1 N–H and O–H groups in total. The molecule has 1 aliphatic carbocycles. The third kappa shape index (κ3) is 6.06. The number of hydrogen-bond donors (Lipinski definition) is 1. The van der Waals surface area contributed by atoms with Gasteiger partial charge in [-0.15, -0.1) is 0 Å². The molecule has 0 aliphatic heterocycles. The van der Waals surface area contributed by atoms with E-state index in [9.17, 15) is 9.59 Å². The van der Waals surface area contributed by atoms with E-state index in [1.807, 2.05) is 0 Å². The first-order valence-corrected chi connectivity index (χ1v) is 9.82. The second-order valence-electron chi connectivity index (χ2n) is 7.44. The molecule has 0 unspecified atom stereocenters. The average Bonchev–Trinajstić information content (AvgIpc) is 3.02. The molecule has 25 heavy (non-hydrogen) atoms. The quantitative estimate of drug-likeness (QED) is 0.607. The summed E-state index contributed by atoms with van der Waals surface area (Å²) in [7, 11) is 0. The minimum atomic E-state index is -0.444. The first kappa shape index (κ1) is 19.8. The van der Waals surface area contributed by atoms with Gasteiger partial charge in [0.05, 0.1) is 18.6 Å². The van der Waals surface area contributed by atoms with E-state index in [0.29, 0.717) is 28.8 Å². The Hall–Kier alpha value is -1.50. The van der Waals surface area contributed by atoms with Crippen molar-refractivity contribution in [3.05, 3.63) is 11.9 Å². The SMILES string of the molecule is CCOC(=O)c1cnc(SCC(=O)OC2CCC(C(C)(C)C)CC2)[nH]1. The lowest BCUT2D eigenvalue weighted by Gasteiger charge is -2.36. The molecule has 0 saturated heterocycles. The summed E-state index contributed by atoms with van der Waals surface area (Å²) in [6.45, 7) is 8.87. The summed E-state index contributed by atoms with van der Waals surface area (Å²) in [5, 5.41) is 0.511. The molecule has 140 valence electrons. The predicted octanol–water partition coefficient (Wildman–Crippen LogP) is 3.83. The molecule has 0 bridgehead atoms. The summed E-state index contributed by atoms with van der Waals surface area (Å²) >= 11 is 1.23. The van der Waals surface area contributed by atoms with Crippen LogP contribution in [0.4, 0.5) is 0 Å². The number of nitrogens with zero attached hydrogens (tertiary/aromatic N) is 1. The Kier molecular flexibility index (Phi) is 6.93. The fraction of sp³-hybridized carbons (Fsp3) is 0.722. The van der Waals surface area contributed by atoms with Gasteiger partial charge in [-0.3, -0.25) is 4.79 Å². The van der Waals surface area contributed by atoms with Gasteiger partial charge in [-0.2, -0.15) is 0 Å². The number of aromatic amines is 1. The van der Waals surface area contributed by atoms with Gasteiger partial charge in [0.15, 0.2) is 5.16 Å². The van der Waals surface area contributed by atoms with Crippen molar-refractivity contribution in [1.82, 2.24) is 9.97 Å². The third-order valence-corrected chi connectivity index (χ3v) is 5.43. The molecule has 1 heterocycles. The third-order valence-electron chi connectivity index (χ3n) is 4.57.